The second kappa shape index (κ2) is 5.17. The summed E-state index contributed by atoms with van der Waals surface area (Å²) in [6.45, 7) is 0.511. The summed E-state index contributed by atoms with van der Waals surface area (Å²) in [5, 5.41) is 0. The van der Waals surface area contributed by atoms with Crippen LogP contribution < -0.4 is 10.5 Å². The normalized spacial score (nSPS) is 24.9. The lowest BCUT2D eigenvalue weighted by Crippen LogP contribution is -2.31. The second-order valence-corrected chi connectivity index (χ2v) is 5.15. The molecule has 0 saturated heterocycles. The van der Waals surface area contributed by atoms with Crippen LogP contribution in [-0.2, 0) is 6.42 Å². The highest BCUT2D eigenvalue weighted by Gasteiger charge is 2.25. The van der Waals surface area contributed by atoms with E-state index in [1.165, 1.54) is 0 Å². The van der Waals surface area contributed by atoms with Crippen LogP contribution in [0.5, 0.6) is 5.75 Å². The number of nitrogens with two attached hydrogens (primary N) is 1. The Morgan fingerprint density at radius 2 is 2.21 bits per heavy atom. The molecule has 1 heterocycles. The minimum Gasteiger partial charge on any atom is -0.489 e. The summed E-state index contributed by atoms with van der Waals surface area (Å²) in [5.74, 6) is 0.880. The maximum atomic E-state index is 13.8. The first-order chi connectivity index (χ1) is 9.28. The topological polar surface area (TPSA) is 35.2 Å². The van der Waals surface area contributed by atoms with E-state index in [0.29, 0.717) is 6.54 Å². The molecule has 1 aromatic rings. The Morgan fingerprint density at radius 1 is 1.32 bits per heavy atom. The maximum Gasteiger partial charge on any atom is 0.126 e. The molecule has 2 atom stereocenters. The van der Waals surface area contributed by atoms with Crippen molar-refractivity contribution in [2.75, 3.05) is 6.54 Å². The zero-order chi connectivity index (χ0) is 13.2. The molecular weight excluding hydrogens is 241 g/mol. The smallest absolute Gasteiger partial charge is 0.126 e. The Kier molecular flexibility index (Phi) is 3.38. The van der Waals surface area contributed by atoms with E-state index in [4.69, 9.17) is 10.5 Å². The summed E-state index contributed by atoms with van der Waals surface area (Å²) in [5.41, 5.74) is 7.62. The fourth-order valence-corrected chi connectivity index (χ4v) is 2.80. The van der Waals surface area contributed by atoms with Gasteiger partial charge < -0.3 is 10.5 Å². The number of halogens is 1. The van der Waals surface area contributed by atoms with E-state index in [1.807, 2.05) is 12.2 Å². The van der Waals surface area contributed by atoms with Crippen molar-refractivity contribution < 1.29 is 9.13 Å². The van der Waals surface area contributed by atoms with Gasteiger partial charge in [0.05, 0.1) is 0 Å². The van der Waals surface area contributed by atoms with E-state index in [2.05, 4.69) is 12.2 Å². The quantitative estimate of drug-likeness (QED) is 0.886. The predicted molar refractivity (Wildman–Crippen MR) is 73.8 cm³/mol. The van der Waals surface area contributed by atoms with Crippen molar-refractivity contribution in [3.63, 3.8) is 0 Å². The third kappa shape index (κ3) is 2.43. The fraction of sp³-hybridized carbons (Fsp3) is 0.375. The van der Waals surface area contributed by atoms with Crippen molar-refractivity contribution >= 4 is 0 Å². The van der Waals surface area contributed by atoms with Gasteiger partial charge >= 0.3 is 0 Å². The van der Waals surface area contributed by atoms with Gasteiger partial charge in [-0.15, -0.1) is 0 Å². The predicted octanol–water partition coefficient (Wildman–Crippen LogP) is 3.08. The first-order valence-corrected chi connectivity index (χ1v) is 6.80. The zero-order valence-corrected chi connectivity index (χ0v) is 10.8. The van der Waals surface area contributed by atoms with E-state index in [-0.39, 0.29) is 17.8 Å². The van der Waals surface area contributed by atoms with E-state index >= 15 is 0 Å². The van der Waals surface area contributed by atoms with E-state index in [9.17, 15) is 4.39 Å². The van der Waals surface area contributed by atoms with Crippen molar-refractivity contribution in [1.82, 2.24) is 0 Å². The van der Waals surface area contributed by atoms with Crippen molar-refractivity contribution in [3.05, 3.63) is 53.4 Å². The molecule has 2 nitrogen and oxygen atoms in total. The van der Waals surface area contributed by atoms with Gasteiger partial charge in [-0.3, -0.25) is 0 Å². The van der Waals surface area contributed by atoms with Gasteiger partial charge in [0.2, 0.25) is 0 Å². The summed E-state index contributed by atoms with van der Waals surface area (Å²) in [4.78, 5) is 0. The Morgan fingerprint density at radius 3 is 2.95 bits per heavy atom. The molecule has 0 bridgehead atoms. The van der Waals surface area contributed by atoms with Crippen LogP contribution in [0.4, 0.5) is 4.39 Å². The third-order valence-electron chi connectivity index (χ3n) is 3.82. The molecule has 0 aromatic heterocycles. The van der Waals surface area contributed by atoms with Gasteiger partial charge in [-0.05, 0) is 37.0 Å². The van der Waals surface area contributed by atoms with Crippen LogP contribution >= 0.6 is 0 Å². The summed E-state index contributed by atoms with van der Waals surface area (Å²) in [7, 11) is 0. The van der Waals surface area contributed by atoms with Crippen LogP contribution in [-0.4, -0.2) is 12.6 Å². The minimum absolute atomic E-state index is 0.0554. The summed E-state index contributed by atoms with van der Waals surface area (Å²) >= 11 is 0. The number of hydrogen-bond acceptors (Lipinski definition) is 2. The number of hydrogen-bond donors (Lipinski definition) is 1. The number of fused-ring (bicyclic) bond motifs is 1. The van der Waals surface area contributed by atoms with Crippen LogP contribution in [0.3, 0.4) is 0 Å². The molecule has 1 aromatic carbocycles. The molecule has 3 heteroatoms. The fourth-order valence-electron chi connectivity index (χ4n) is 2.80. The van der Waals surface area contributed by atoms with Crippen molar-refractivity contribution in [2.45, 2.75) is 31.3 Å². The molecule has 0 fully saturated rings. The molecule has 0 amide bonds. The van der Waals surface area contributed by atoms with Crippen LogP contribution in [0.15, 0.2) is 36.4 Å². The number of allylic oxidation sites excluding steroid dienone is 4. The molecule has 3 rings (SSSR count). The zero-order valence-electron chi connectivity index (χ0n) is 10.8. The van der Waals surface area contributed by atoms with Crippen LogP contribution in [0.2, 0.25) is 0 Å². The monoisotopic (exact) mass is 259 g/mol. The van der Waals surface area contributed by atoms with Gasteiger partial charge in [-0.2, -0.15) is 0 Å². The molecule has 2 aliphatic rings. The van der Waals surface area contributed by atoms with Crippen molar-refractivity contribution in [3.8, 4) is 5.75 Å². The molecule has 1 aliphatic heterocycles. The van der Waals surface area contributed by atoms with Gasteiger partial charge in [0.15, 0.2) is 0 Å². The van der Waals surface area contributed by atoms with Crippen LogP contribution in [0.1, 0.15) is 29.9 Å². The molecular formula is C16H18FNO. The summed E-state index contributed by atoms with van der Waals surface area (Å²) in [6, 6.07) is 3.19. The first-order valence-electron chi connectivity index (χ1n) is 6.80. The number of aryl methyl sites for hydroxylation is 1. The largest absolute Gasteiger partial charge is 0.489 e. The highest BCUT2D eigenvalue weighted by Crippen LogP contribution is 2.39. The molecule has 2 N–H and O–H groups in total. The number of ether oxygens (including phenoxy) is 1. The van der Waals surface area contributed by atoms with Gasteiger partial charge in [-0.25, -0.2) is 4.39 Å². The number of rotatable bonds is 2. The lowest BCUT2D eigenvalue weighted by molar-refractivity contribution is 0.178. The molecule has 0 saturated carbocycles. The molecule has 0 radical (unpaired) electrons. The molecule has 0 spiro atoms. The van der Waals surface area contributed by atoms with Gasteiger partial charge in [0, 0.05) is 18.0 Å². The first kappa shape index (κ1) is 12.4. The average molecular weight is 259 g/mol. The van der Waals surface area contributed by atoms with Gasteiger partial charge in [0.1, 0.15) is 17.7 Å². The van der Waals surface area contributed by atoms with Crippen LogP contribution in [0, 0.1) is 5.82 Å². The molecule has 2 unspecified atom stereocenters. The average Bonchev–Trinajstić information content (AvgIpc) is 2.47. The van der Waals surface area contributed by atoms with Crippen LogP contribution in [0.25, 0.3) is 0 Å². The second-order valence-electron chi connectivity index (χ2n) is 5.15. The van der Waals surface area contributed by atoms with E-state index in [0.717, 1.165) is 36.1 Å². The highest BCUT2D eigenvalue weighted by atomic mass is 19.1. The standard InChI is InChI=1S/C16H18FNO/c17-13-8-12-6-7-14(10-18)19-16(12)15(9-13)11-4-2-1-3-5-11/h1-4,8-9,11,14H,5-7,10,18H2. The summed E-state index contributed by atoms with van der Waals surface area (Å²) < 4.78 is 19.7. The number of benzene rings is 1. The Balaban J connectivity index is 2.01. The lowest BCUT2D eigenvalue weighted by atomic mass is 9.88. The molecule has 100 valence electrons. The van der Waals surface area contributed by atoms with E-state index < -0.39 is 0 Å². The highest BCUT2D eigenvalue weighted by molar-refractivity contribution is 5.47. The Labute approximate surface area is 112 Å². The van der Waals surface area contributed by atoms with Crippen molar-refractivity contribution in [1.29, 1.82) is 0 Å². The maximum absolute atomic E-state index is 13.8. The molecule has 1 aliphatic carbocycles. The van der Waals surface area contributed by atoms with Gasteiger partial charge in [-0.1, -0.05) is 24.3 Å². The van der Waals surface area contributed by atoms with Crippen molar-refractivity contribution in [2.24, 2.45) is 5.73 Å². The SMILES string of the molecule is NCC1CCc2cc(F)cc(C3C=CC=CC3)c2O1. The van der Waals surface area contributed by atoms with Gasteiger partial charge in [0.25, 0.3) is 0 Å². The summed E-state index contributed by atoms with van der Waals surface area (Å²) in [6.07, 6.45) is 10.9. The Bertz CT molecular complexity index is 536. The molecule has 19 heavy (non-hydrogen) atoms. The minimum atomic E-state index is -0.175. The third-order valence-corrected chi connectivity index (χ3v) is 3.82. The Hall–Kier alpha value is -1.61. The lowest BCUT2D eigenvalue weighted by Gasteiger charge is -2.29. The van der Waals surface area contributed by atoms with E-state index in [1.54, 1.807) is 12.1 Å².